The van der Waals surface area contributed by atoms with Gasteiger partial charge in [-0.05, 0) is 63.3 Å². The minimum Gasteiger partial charge on any atom is -0.340 e. The first kappa shape index (κ1) is 19.6. The zero-order valence-electron chi connectivity index (χ0n) is 14.6. The summed E-state index contributed by atoms with van der Waals surface area (Å²) in [4.78, 5) is 16.1. The molecule has 1 heterocycles. The number of carbonyl (C=O) groups excluding carboxylic acids is 1. The Labute approximate surface area is 155 Å². The van der Waals surface area contributed by atoms with Crippen molar-refractivity contribution in [2.75, 3.05) is 26.2 Å². The first-order valence-corrected chi connectivity index (χ1v) is 9.45. The summed E-state index contributed by atoms with van der Waals surface area (Å²) in [6.07, 6.45) is 3.11. The SMILES string of the molecule is [CH2]C(CCN1CCC(N(CC)C(C)=O)CC1)c1ccc(Cl)c(Cl)c1. The van der Waals surface area contributed by atoms with E-state index in [-0.39, 0.29) is 11.8 Å². The average molecular weight is 370 g/mol. The fourth-order valence-electron chi connectivity index (χ4n) is 3.46. The number of halogens is 2. The molecule has 0 spiro atoms. The number of benzene rings is 1. The van der Waals surface area contributed by atoms with Crippen LogP contribution in [0.2, 0.25) is 10.0 Å². The van der Waals surface area contributed by atoms with Gasteiger partial charge in [0.1, 0.15) is 0 Å². The summed E-state index contributed by atoms with van der Waals surface area (Å²) in [5.74, 6) is 0.398. The summed E-state index contributed by atoms with van der Waals surface area (Å²) in [5.41, 5.74) is 1.13. The summed E-state index contributed by atoms with van der Waals surface area (Å²) in [5, 5.41) is 1.17. The van der Waals surface area contributed by atoms with Crippen LogP contribution < -0.4 is 0 Å². The molecular weight excluding hydrogens is 343 g/mol. The Bertz CT molecular complexity index is 556. The molecular formula is C19H27Cl2N2O. The van der Waals surface area contributed by atoms with Gasteiger partial charge in [-0.3, -0.25) is 4.79 Å². The molecule has 0 bridgehead atoms. The third-order valence-electron chi connectivity index (χ3n) is 4.95. The van der Waals surface area contributed by atoms with Crippen molar-refractivity contribution in [1.82, 2.24) is 9.80 Å². The molecule has 1 saturated heterocycles. The van der Waals surface area contributed by atoms with Crippen LogP contribution in [0, 0.1) is 6.92 Å². The van der Waals surface area contributed by atoms with E-state index >= 15 is 0 Å². The fourth-order valence-corrected chi connectivity index (χ4v) is 3.77. The molecule has 1 aliphatic heterocycles. The number of nitrogens with zero attached hydrogens (tertiary/aromatic N) is 2. The van der Waals surface area contributed by atoms with Gasteiger partial charge < -0.3 is 9.80 Å². The zero-order chi connectivity index (χ0) is 17.7. The van der Waals surface area contributed by atoms with Crippen LogP contribution in [0.4, 0.5) is 0 Å². The minimum atomic E-state index is 0.188. The highest BCUT2D eigenvalue weighted by molar-refractivity contribution is 6.42. The molecule has 5 heteroatoms. The molecule has 3 nitrogen and oxygen atoms in total. The summed E-state index contributed by atoms with van der Waals surface area (Å²) in [6, 6.07) is 6.16. The Balaban J connectivity index is 1.79. The van der Waals surface area contributed by atoms with E-state index in [4.69, 9.17) is 23.2 Å². The standard InChI is InChI=1S/C19H27Cl2N2O/c1-4-23(15(3)24)17-8-11-22(12-9-17)10-7-14(2)16-5-6-18(20)19(21)13-16/h5-6,13-14,17H,2,4,7-12H2,1,3H3. The summed E-state index contributed by atoms with van der Waals surface area (Å²) >= 11 is 12.1. The molecule has 0 aliphatic carbocycles. The van der Waals surface area contributed by atoms with Crippen molar-refractivity contribution >= 4 is 29.1 Å². The molecule has 24 heavy (non-hydrogen) atoms. The number of amides is 1. The van der Waals surface area contributed by atoms with Gasteiger partial charge in [-0.15, -0.1) is 0 Å². The maximum Gasteiger partial charge on any atom is 0.219 e. The highest BCUT2D eigenvalue weighted by Crippen LogP contribution is 2.28. The first-order valence-electron chi connectivity index (χ1n) is 8.70. The quantitative estimate of drug-likeness (QED) is 0.729. The van der Waals surface area contributed by atoms with Gasteiger partial charge >= 0.3 is 0 Å². The number of rotatable bonds is 6. The minimum absolute atomic E-state index is 0.188. The molecule has 1 unspecified atom stereocenters. The Morgan fingerprint density at radius 1 is 1.33 bits per heavy atom. The van der Waals surface area contributed by atoms with Crippen molar-refractivity contribution in [3.05, 3.63) is 40.7 Å². The van der Waals surface area contributed by atoms with E-state index in [9.17, 15) is 4.79 Å². The van der Waals surface area contributed by atoms with Gasteiger partial charge in [-0.2, -0.15) is 0 Å². The van der Waals surface area contributed by atoms with Gasteiger partial charge in [0, 0.05) is 32.6 Å². The summed E-state index contributed by atoms with van der Waals surface area (Å²) in [6.45, 7) is 11.9. The highest BCUT2D eigenvalue weighted by atomic mass is 35.5. The van der Waals surface area contributed by atoms with Crippen molar-refractivity contribution in [3.63, 3.8) is 0 Å². The Morgan fingerprint density at radius 2 is 2.00 bits per heavy atom. The van der Waals surface area contributed by atoms with E-state index in [0.717, 1.165) is 51.0 Å². The third-order valence-corrected chi connectivity index (χ3v) is 5.69. The van der Waals surface area contributed by atoms with Crippen molar-refractivity contribution in [1.29, 1.82) is 0 Å². The molecule has 1 aromatic carbocycles. The molecule has 133 valence electrons. The number of piperidine rings is 1. The van der Waals surface area contributed by atoms with E-state index < -0.39 is 0 Å². The van der Waals surface area contributed by atoms with Crippen molar-refractivity contribution in [2.24, 2.45) is 0 Å². The van der Waals surface area contributed by atoms with Gasteiger partial charge in [0.05, 0.1) is 10.0 Å². The van der Waals surface area contributed by atoms with Gasteiger partial charge in [-0.25, -0.2) is 0 Å². The van der Waals surface area contributed by atoms with E-state index in [1.165, 1.54) is 0 Å². The number of hydrogen-bond donors (Lipinski definition) is 0. The van der Waals surface area contributed by atoms with Crippen LogP contribution in [0.5, 0.6) is 0 Å². The normalized spacial score (nSPS) is 17.7. The smallest absolute Gasteiger partial charge is 0.219 e. The van der Waals surface area contributed by atoms with Crippen molar-refractivity contribution in [3.8, 4) is 0 Å². The second-order valence-corrected chi connectivity index (χ2v) is 7.35. The lowest BCUT2D eigenvalue weighted by Gasteiger charge is -2.38. The third kappa shape index (κ3) is 5.11. The average Bonchev–Trinajstić information content (AvgIpc) is 2.56. The van der Waals surface area contributed by atoms with E-state index in [1.807, 2.05) is 23.1 Å². The van der Waals surface area contributed by atoms with Gasteiger partial charge in [-0.1, -0.05) is 29.3 Å². The maximum atomic E-state index is 11.7. The maximum absolute atomic E-state index is 11.7. The van der Waals surface area contributed by atoms with E-state index in [1.54, 1.807) is 6.92 Å². The Morgan fingerprint density at radius 3 is 2.54 bits per heavy atom. The van der Waals surface area contributed by atoms with Crippen LogP contribution in [0.1, 0.15) is 44.6 Å². The van der Waals surface area contributed by atoms with Crippen LogP contribution in [0.3, 0.4) is 0 Å². The highest BCUT2D eigenvalue weighted by Gasteiger charge is 2.25. The van der Waals surface area contributed by atoms with E-state index in [2.05, 4.69) is 18.7 Å². The largest absolute Gasteiger partial charge is 0.340 e. The lowest BCUT2D eigenvalue weighted by molar-refractivity contribution is -0.131. The molecule has 0 saturated carbocycles. The molecule has 1 aromatic rings. The molecule has 1 radical (unpaired) electrons. The predicted octanol–water partition coefficient (Wildman–Crippen LogP) is 4.63. The Hall–Kier alpha value is -0.770. The predicted molar refractivity (Wildman–Crippen MR) is 102 cm³/mol. The van der Waals surface area contributed by atoms with Crippen LogP contribution in [-0.4, -0.2) is 47.9 Å². The molecule has 0 N–H and O–H groups in total. The monoisotopic (exact) mass is 369 g/mol. The first-order chi connectivity index (χ1) is 11.4. The lowest BCUT2D eigenvalue weighted by atomic mass is 9.96. The summed E-state index contributed by atoms with van der Waals surface area (Å²) in [7, 11) is 0. The lowest BCUT2D eigenvalue weighted by Crippen LogP contribution is -2.46. The van der Waals surface area contributed by atoms with Gasteiger partial charge in [0.2, 0.25) is 5.91 Å². The van der Waals surface area contributed by atoms with Crippen LogP contribution in [0.25, 0.3) is 0 Å². The van der Waals surface area contributed by atoms with Gasteiger partial charge in [0.15, 0.2) is 0 Å². The zero-order valence-corrected chi connectivity index (χ0v) is 16.1. The second-order valence-electron chi connectivity index (χ2n) is 6.54. The fraction of sp³-hybridized carbons (Fsp3) is 0.579. The number of likely N-dealkylation sites (tertiary alicyclic amines) is 1. The molecule has 2 rings (SSSR count). The molecule has 1 atom stereocenters. The summed E-state index contributed by atoms with van der Waals surface area (Å²) < 4.78 is 0. The molecule has 1 fully saturated rings. The number of carbonyl (C=O) groups is 1. The van der Waals surface area contributed by atoms with Crippen LogP contribution in [0.15, 0.2) is 18.2 Å². The van der Waals surface area contributed by atoms with Crippen LogP contribution in [-0.2, 0) is 4.79 Å². The molecule has 0 aromatic heterocycles. The van der Waals surface area contributed by atoms with E-state index in [0.29, 0.717) is 16.1 Å². The Kier molecular flexibility index (Phi) is 7.39. The second kappa shape index (κ2) is 9.07. The molecule has 1 aliphatic rings. The van der Waals surface area contributed by atoms with Crippen molar-refractivity contribution in [2.45, 2.75) is 45.1 Å². The van der Waals surface area contributed by atoms with Crippen molar-refractivity contribution < 1.29 is 4.79 Å². The topological polar surface area (TPSA) is 23.6 Å². The van der Waals surface area contributed by atoms with Gasteiger partial charge in [0.25, 0.3) is 0 Å². The van der Waals surface area contributed by atoms with Crippen LogP contribution >= 0.6 is 23.2 Å². The number of hydrogen-bond acceptors (Lipinski definition) is 2. The molecule has 1 amide bonds.